The predicted octanol–water partition coefficient (Wildman–Crippen LogP) is 5.71. The molecule has 4 heterocycles. The van der Waals surface area contributed by atoms with Crippen LogP contribution in [0.15, 0.2) is 35.5 Å². The van der Waals surface area contributed by atoms with Crippen molar-refractivity contribution >= 4 is 17.4 Å². The van der Waals surface area contributed by atoms with Crippen LogP contribution in [0.25, 0.3) is 11.1 Å². The number of nitrogens with zero attached hydrogens (tertiary/aromatic N) is 3. The maximum Gasteiger partial charge on any atom is 0.412 e. The van der Waals surface area contributed by atoms with Gasteiger partial charge in [-0.05, 0) is 55.2 Å². The summed E-state index contributed by atoms with van der Waals surface area (Å²) in [6, 6.07) is 4.16. The topological polar surface area (TPSA) is 76.2 Å². The molecule has 0 spiro atoms. The second-order valence-electron chi connectivity index (χ2n) is 10.6. The van der Waals surface area contributed by atoms with Crippen molar-refractivity contribution in [2.75, 3.05) is 62.8 Å². The van der Waals surface area contributed by atoms with Crippen LogP contribution in [-0.4, -0.2) is 80.8 Å². The number of likely N-dealkylation sites (tertiary alicyclic amines) is 1. The van der Waals surface area contributed by atoms with Crippen molar-refractivity contribution in [3.05, 3.63) is 46.9 Å². The molecular weight excluding hydrogens is 544 g/mol. The third-order valence-electron chi connectivity index (χ3n) is 7.81. The Kier molecular flexibility index (Phi) is 8.69. The zero-order valence-corrected chi connectivity index (χ0v) is 23.2. The Morgan fingerprint density at radius 1 is 1.07 bits per heavy atom. The smallest absolute Gasteiger partial charge is 0.412 e. The number of benzene rings is 1. The van der Waals surface area contributed by atoms with E-state index in [-0.39, 0.29) is 36.9 Å². The van der Waals surface area contributed by atoms with Crippen LogP contribution < -0.4 is 15.0 Å². The van der Waals surface area contributed by atoms with Crippen LogP contribution >= 0.6 is 0 Å². The summed E-state index contributed by atoms with van der Waals surface area (Å²) in [6.07, 6.45) is -1.11. The fourth-order valence-corrected chi connectivity index (χ4v) is 5.27. The summed E-state index contributed by atoms with van der Waals surface area (Å²) in [6.45, 7) is 6.49. The minimum atomic E-state index is -4.45. The molecule has 1 aromatic carbocycles. The molecule has 8 nitrogen and oxygen atoms in total. The number of allylic oxidation sites excluding steroid dienone is 1. The molecule has 0 saturated carbocycles. The SMILES string of the molecule is C/C(=C1\CCN(C(=O)Nc2cc(-c3cnc(OC4CCOCC4)c(N4CCOCC4)c3)c(C)cc2F)C1)C(F)(F)F. The van der Waals surface area contributed by atoms with Gasteiger partial charge in [0.1, 0.15) is 17.6 Å². The molecule has 2 amide bonds. The molecule has 0 atom stereocenters. The Morgan fingerprint density at radius 2 is 1.78 bits per heavy atom. The van der Waals surface area contributed by atoms with Crippen LogP contribution in [0.3, 0.4) is 0 Å². The zero-order chi connectivity index (χ0) is 29.1. The first kappa shape index (κ1) is 29.1. The van der Waals surface area contributed by atoms with Crippen molar-refractivity contribution in [3.8, 4) is 17.0 Å². The number of amides is 2. The van der Waals surface area contributed by atoms with Gasteiger partial charge in [-0.1, -0.05) is 0 Å². The van der Waals surface area contributed by atoms with Crippen molar-refractivity contribution in [1.82, 2.24) is 9.88 Å². The van der Waals surface area contributed by atoms with Gasteiger partial charge in [0.15, 0.2) is 0 Å². The van der Waals surface area contributed by atoms with E-state index in [4.69, 9.17) is 14.2 Å². The van der Waals surface area contributed by atoms with Gasteiger partial charge in [-0.15, -0.1) is 0 Å². The third-order valence-corrected chi connectivity index (χ3v) is 7.81. The number of halogens is 4. The number of rotatable bonds is 5. The minimum absolute atomic E-state index is 0.00266. The van der Waals surface area contributed by atoms with E-state index < -0.39 is 23.6 Å². The van der Waals surface area contributed by atoms with Crippen LogP contribution in [0.2, 0.25) is 0 Å². The number of carbonyl (C=O) groups excluding carboxylic acids is 1. The molecule has 3 saturated heterocycles. The number of morpholine rings is 1. The van der Waals surface area contributed by atoms with Gasteiger partial charge in [-0.2, -0.15) is 13.2 Å². The number of urea groups is 1. The lowest BCUT2D eigenvalue weighted by Crippen LogP contribution is -2.37. The summed E-state index contributed by atoms with van der Waals surface area (Å²) in [7, 11) is 0. The number of ether oxygens (including phenoxy) is 3. The molecule has 0 radical (unpaired) electrons. The second-order valence-corrected chi connectivity index (χ2v) is 10.6. The monoisotopic (exact) mass is 578 g/mol. The van der Waals surface area contributed by atoms with Gasteiger partial charge in [0, 0.05) is 56.4 Å². The maximum atomic E-state index is 15.0. The fraction of sp³-hybridized carbons (Fsp3) is 0.517. The molecule has 3 fully saturated rings. The van der Waals surface area contributed by atoms with Crippen LogP contribution in [0.4, 0.5) is 33.7 Å². The summed E-state index contributed by atoms with van der Waals surface area (Å²) in [5, 5.41) is 2.56. The summed E-state index contributed by atoms with van der Waals surface area (Å²) in [5.41, 5.74) is 2.23. The number of nitrogens with one attached hydrogen (secondary N) is 1. The highest BCUT2D eigenvalue weighted by molar-refractivity contribution is 5.91. The molecule has 222 valence electrons. The standard InChI is InChI=1S/C29H34F4N4O4/c1-18-13-24(30)25(35-28(38)37-6-3-20(17-37)19(2)29(31,32)33)15-23(18)21-14-26(36-7-11-40-12-8-36)27(34-16-21)41-22-4-9-39-10-5-22/h13-16,22H,3-12,17H2,1-2H3,(H,35,38)/b20-19-. The Bertz CT molecular complexity index is 1300. The molecule has 1 aromatic heterocycles. The number of carbonyl (C=O) groups is 1. The molecule has 5 rings (SSSR count). The lowest BCUT2D eigenvalue weighted by atomic mass is 10.00. The number of anilines is 2. The Morgan fingerprint density at radius 3 is 2.49 bits per heavy atom. The van der Waals surface area contributed by atoms with E-state index in [0.29, 0.717) is 62.1 Å². The first-order valence-corrected chi connectivity index (χ1v) is 13.8. The van der Waals surface area contributed by atoms with Crippen molar-refractivity contribution in [2.24, 2.45) is 0 Å². The van der Waals surface area contributed by atoms with Crippen LogP contribution in [0.1, 0.15) is 31.7 Å². The average molecular weight is 579 g/mol. The van der Waals surface area contributed by atoms with Crippen LogP contribution in [0.5, 0.6) is 5.88 Å². The lowest BCUT2D eigenvalue weighted by molar-refractivity contribution is -0.0922. The highest BCUT2D eigenvalue weighted by Gasteiger charge is 2.35. The van der Waals surface area contributed by atoms with Gasteiger partial charge >= 0.3 is 12.2 Å². The lowest BCUT2D eigenvalue weighted by Gasteiger charge is -2.31. The largest absolute Gasteiger partial charge is 0.473 e. The normalized spacial score (nSPS) is 19.9. The number of alkyl halides is 3. The van der Waals surface area contributed by atoms with Crippen molar-refractivity contribution < 1.29 is 36.6 Å². The first-order valence-electron chi connectivity index (χ1n) is 13.8. The van der Waals surface area contributed by atoms with Gasteiger partial charge in [0.25, 0.3) is 0 Å². The van der Waals surface area contributed by atoms with Crippen molar-refractivity contribution in [3.63, 3.8) is 0 Å². The molecule has 2 aromatic rings. The van der Waals surface area contributed by atoms with E-state index >= 15 is 0 Å². The van der Waals surface area contributed by atoms with E-state index in [9.17, 15) is 22.4 Å². The number of hydrogen-bond acceptors (Lipinski definition) is 6. The number of hydrogen-bond donors (Lipinski definition) is 1. The van der Waals surface area contributed by atoms with E-state index in [1.165, 1.54) is 17.0 Å². The van der Waals surface area contributed by atoms with Gasteiger partial charge in [-0.3, -0.25) is 0 Å². The highest BCUT2D eigenvalue weighted by Crippen LogP contribution is 2.37. The van der Waals surface area contributed by atoms with Crippen LogP contribution in [0, 0.1) is 12.7 Å². The van der Waals surface area contributed by atoms with Gasteiger partial charge in [-0.25, -0.2) is 14.2 Å². The minimum Gasteiger partial charge on any atom is -0.473 e. The van der Waals surface area contributed by atoms with E-state index in [2.05, 4.69) is 15.2 Å². The molecule has 0 unspecified atom stereocenters. The number of aryl methyl sites for hydroxylation is 1. The van der Waals surface area contributed by atoms with E-state index in [1.54, 1.807) is 13.1 Å². The maximum absolute atomic E-state index is 15.0. The summed E-state index contributed by atoms with van der Waals surface area (Å²) >= 11 is 0. The number of pyridine rings is 1. The molecule has 12 heteroatoms. The van der Waals surface area contributed by atoms with Gasteiger partial charge < -0.3 is 29.3 Å². The molecule has 3 aliphatic rings. The third kappa shape index (κ3) is 6.75. The molecular formula is C29H34F4N4O4. The van der Waals surface area contributed by atoms with Crippen molar-refractivity contribution in [2.45, 2.75) is 45.4 Å². The second kappa shape index (κ2) is 12.2. The summed E-state index contributed by atoms with van der Waals surface area (Å²) in [5.74, 6) is -0.121. The predicted molar refractivity (Wildman–Crippen MR) is 146 cm³/mol. The first-order chi connectivity index (χ1) is 19.6. The molecule has 1 N–H and O–H groups in total. The highest BCUT2D eigenvalue weighted by atomic mass is 19.4. The van der Waals surface area contributed by atoms with Crippen molar-refractivity contribution in [1.29, 1.82) is 0 Å². The quantitative estimate of drug-likeness (QED) is 0.362. The Labute approximate surface area is 236 Å². The Hall–Kier alpha value is -3.38. The zero-order valence-electron chi connectivity index (χ0n) is 23.2. The molecule has 3 aliphatic heterocycles. The van der Waals surface area contributed by atoms with E-state index in [1.807, 2.05) is 6.07 Å². The molecule has 41 heavy (non-hydrogen) atoms. The molecule has 0 aliphatic carbocycles. The fourth-order valence-electron chi connectivity index (χ4n) is 5.27. The van der Waals surface area contributed by atoms with Crippen LogP contribution in [-0.2, 0) is 9.47 Å². The van der Waals surface area contributed by atoms with Gasteiger partial charge in [0.2, 0.25) is 5.88 Å². The Balaban J connectivity index is 1.40. The average Bonchev–Trinajstić information content (AvgIpc) is 3.45. The summed E-state index contributed by atoms with van der Waals surface area (Å²) < 4.78 is 71.6. The van der Waals surface area contributed by atoms with Gasteiger partial charge in [0.05, 0.1) is 32.1 Å². The molecule has 0 bridgehead atoms. The number of aromatic nitrogens is 1. The summed E-state index contributed by atoms with van der Waals surface area (Å²) in [4.78, 5) is 21.0. The van der Waals surface area contributed by atoms with E-state index in [0.717, 1.165) is 25.5 Å².